The highest BCUT2D eigenvalue weighted by Crippen LogP contribution is 2.31. The van der Waals surface area contributed by atoms with Crippen molar-refractivity contribution in [3.05, 3.63) is 12.1 Å². The molecule has 1 unspecified atom stereocenters. The molecule has 100 valence electrons. The fraction of sp³-hybridized carbons (Fsp3) is 0.643. The van der Waals surface area contributed by atoms with Gasteiger partial charge >= 0.3 is 0 Å². The minimum absolute atomic E-state index is 0.123. The van der Waals surface area contributed by atoms with Gasteiger partial charge in [-0.3, -0.25) is 0 Å². The molecule has 2 N–H and O–H groups in total. The van der Waals surface area contributed by atoms with Crippen LogP contribution < -0.4 is 15.2 Å². The van der Waals surface area contributed by atoms with Gasteiger partial charge in [-0.25, -0.2) is 0 Å². The lowest BCUT2D eigenvalue weighted by Gasteiger charge is -2.18. The zero-order valence-electron chi connectivity index (χ0n) is 11.3. The Hall–Kier alpha value is -1.45. The molecule has 1 fully saturated rings. The van der Waals surface area contributed by atoms with Crippen molar-refractivity contribution >= 4 is 5.69 Å². The smallest absolute Gasteiger partial charge is 0.240 e. The molecule has 1 aromatic heterocycles. The summed E-state index contributed by atoms with van der Waals surface area (Å²) in [6, 6.07) is 3.58. The van der Waals surface area contributed by atoms with Crippen LogP contribution in [0.4, 0.5) is 5.69 Å². The summed E-state index contributed by atoms with van der Waals surface area (Å²) in [4.78, 5) is 4.32. The number of nitrogens with zero attached hydrogens (tertiary/aromatic N) is 1. The Bertz CT molecular complexity index is 403. The topological polar surface area (TPSA) is 57.4 Å². The van der Waals surface area contributed by atoms with E-state index >= 15 is 0 Å². The van der Waals surface area contributed by atoms with Crippen LogP contribution in [-0.4, -0.2) is 17.7 Å². The van der Waals surface area contributed by atoms with Crippen LogP contribution in [0.1, 0.15) is 33.6 Å². The minimum atomic E-state index is 0.123. The van der Waals surface area contributed by atoms with Gasteiger partial charge < -0.3 is 15.2 Å². The Morgan fingerprint density at radius 1 is 1.33 bits per heavy atom. The summed E-state index contributed by atoms with van der Waals surface area (Å²) in [6.07, 6.45) is 2.62. The second kappa shape index (κ2) is 5.46. The first-order valence-electron chi connectivity index (χ1n) is 6.62. The standard InChI is InChI=1S/C14H22N2O2/c1-9(2)10(3)18-13-7-6-12(15)14(16-13)17-8-11-4-5-11/h6-7,9-11H,4-5,8,15H2,1-3H3. The summed E-state index contributed by atoms with van der Waals surface area (Å²) < 4.78 is 11.4. The van der Waals surface area contributed by atoms with Crippen LogP contribution >= 0.6 is 0 Å². The molecule has 1 saturated carbocycles. The van der Waals surface area contributed by atoms with Crippen molar-refractivity contribution in [3.63, 3.8) is 0 Å². The van der Waals surface area contributed by atoms with Crippen LogP contribution in [0, 0.1) is 11.8 Å². The summed E-state index contributed by atoms with van der Waals surface area (Å²) in [7, 11) is 0. The Balaban J connectivity index is 1.99. The van der Waals surface area contributed by atoms with E-state index in [4.69, 9.17) is 15.2 Å². The van der Waals surface area contributed by atoms with E-state index in [0.717, 1.165) is 0 Å². The van der Waals surface area contributed by atoms with E-state index in [1.165, 1.54) is 12.8 Å². The summed E-state index contributed by atoms with van der Waals surface area (Å²) in [6.45, 7) is 6.98. The molecule has 1 heterocycles. The predicted octanol–water partition coefficient (Wildman–Crippen LogP) is 2.88. The van der Waals surface area contributed by atoms with E-state index in [0.29, 0.717) is 35.9 Å². The van der Waals surface area contributed by atoms with Crippen LogP contribution in [-0.2, 0) is 0 Å². The zero-order valence-corrected chi connectivity index (χ0v) is 11.3. The first-order valence-corrected chi connectivity index (χ1v) is 6.62. The minimum Gasteiger partial charge on any atom is -0.476 e. The number of anilines is 1. The Kier molecular flexibility index (Phi) is 3.94. The third kappa shape index (κ3) is 3.52. The van der Waals surface area contributed by atoms with Crippen molar-refractivity contribution in [3.8, 4) is 11.8 Å². The third-order valence-electron chi connectivity index (χ3n) is 3.26. The SMILES string of the molecule is CC(C)C(C)Oc1ccc(N)c(OCC2CC2)n1. The first-order chi connectivity index (χ1) is 8.56. The molecule has 0 aliphatic heterocycles. The Morgan fingerprint density at radius 3 is 2.67 bits per heavy atom. The van der Waals surface area contributed by atoms with E-state index in [1.807, 2.05) is 6.92 Å². The van der Waals surface area contributed by atoms with E-state index in [-0.39, 0.29) is 6.10 Å². The number of nitrogens with two attached hydrogens (primary N) is 1. The lowest BCUT2D eigenvalue weighted by atomic mass is 10.1. The van der Waals surface area contributed by atoms with Crippen LogP contribution in [0.5, 0.6) is 11.8 Å². The van der Waals surface area contributed by atoms with E-state index in [1.54, 1.807) is 12.1 Å². The van der Waals surface area contributed by atoms with Crippen molar-refractivity contribution in [1.82, 2.24) is 4.98 Å². The molecule has 0 aromatic carbocycles. The second-order valence-electron chi connectivity index (χ2n) is 5.37. The van der Waals surface area contributed by atoms with Gasteiger partial charge in [0.05, 0.1) is 18.4 Å². The monoisotopic (exact) mass is 250 g/mol. The molecule has 18 heavy (non-hydrogen) atoms. The van der Waals surface area contributed by atoms with Gasteiger partial charge in [-0.2, -0.15) is 4.98 Å². The van der Waals surface area contributed by atoms with Gasteiger partial charge in [-0.05, 0) is 37.7 Å². The highest BCUT2D eigenvalue weighted by atomic mass is 16.5. The van der Waals surface area contributed by atoms with Gasteiger partial charge in [-0.1, -0.05) is 13.8 Å². The zero-order chi connectivity index (χ0) is 13.1. The second-order valence-corrected chi connectivity index (χ2v) is 5.37. The van der Waals surface area contributed by atoms with E-state index in [9.17, 15) is 0 Å². The lowest BCUT2D eigenvalue weighted by molar-refractivity contribution is 0.161. The highest BCUT2D eigenvalue weighted by Gasteiger charge is 2.22. The fourth-order valence-electron chi connectivity index (χ4n) is 1.42. The van der Waals surface area contributed by atoms with E-state index in [2.05, 4.69) is 18.8 Å². The molecule has 0 radical (unpaired) electrons. The van der Waals surface area contributed by atoms with Crippen molar-refractivity contribution in [2.45, 2.75) is 39.7 Å². The fourth-order valence-corrected chi connectivity index (χ4v) is 1.42. The number of hydrogen-bond acceptors (Lipinski definition) is 4. The Morgan fingerprint density at radius 2 is 2.06 bits per heavy atom. The van der Waals surface area contributed by atoms with Crippen LogP contribution in [0.2, 0.25) is 0 Å². The first kappa shape index (κ1) is 13.0. The van der Waals surface area contributed by atoms with Crippen molar-refractivity contribution < 1.29 is 9.47 Å². The molecular weight excluding hydrogens is 228 g/mol. The summed E-state index contributed by atoms with van der Waals surface area (Å²) >= 11 is 0. The Labute approximate surface area is 108 Å². The molecule has 4 heteroatoms. The maximum absolute atomic E-state index is 5.84. The van der Waals surface area contributed by atoms with Gasteiger partial charge in [-0.15, -0.1) is 0 Å². The summed E-state index contributed by atoms with van der Waals surface area (Å²) in [5.41, 5.74) is 6.41. The number of ether oxygens (including phenoxy) is 2. The highest BCUT2D eigenvalue weighted by molar-refractivity contribution is 5.49. The average molecular weight is 250 g/mol. The molecule has 2 rings (SSSR count). The summed E-state index contributed by atoms with van der Waals surface area (Å²) in [5, 5.41) is 0. The molecule has 1 aromatic rings. The van der Waals surface area contributed by atoms with Gasteiger partial charge in [0.2, 0.25) is 11.8 Å². The van der Waals surface area contributed by atoms with Crippen molar-refractivity contribution in [2.24, 2.45) is 11.8 Å². The molecular formula is C14H22N2O2. The lowest BCUT2D eigenvalue weighted by Crippen LogP contribution is -2.19. The predicted molar refractivity (Wildman–Crippen MR) is 71.8 cm³/mol. The van der Waals surface area contributed by atoms with Gasteiger partial charge in [0, 0.05) is 6.07 Å². The van der Waals surface area contributed by atoms with Crippen molar-refractivity contribution in [1.29, 1.82) is 0 Å². The molecule has 1 aliphatic rings. The molecule has 0 spiro atoms. The maximum atomic E-state index is 5.84. The number of pyridine rings is 1. The molecule has 0 amide bonds. The maximum Gasteiger partial charge on any atom is 0.240 e. The van der Waals surface area contributed by atoms with Crippen molar-refractivity contribution in [2.75, 3.05) is 12.3 Å². The van der Waals surface area contributed by atoms with E-state index < -0.39 is 0 Å². The number of rotatable bonds is 6. The summed E-state index contributed by atoms with van der Waals surface area (Å²) in [5.74, 6) is 2.21. The average Bonchev–Trinajstić information content (AvgIpc) is 3.13. The number of hydrogen-bond donors (Lipinski definition) is 1. The quantitative estimate of drug-likeness (QED) is 0.843. The van der Waals surface area contributed by atoms with Crippen LogP contribution in [0.15, 0.2) is 12.1 Å². The molecule has 1 aliphatic carbocycles. The molecule has 0 bridgehead atoms. The largest absolute Gasteiger partial charge is 0.476 e. The molecule has 1 atom stereocenters. The molecule has 0 saturated heterocycles. The van der Waals surface area contributed by atoms with Crippen LogP contribution in [0.3, 0.4) is 0 Å². The van der Waals surface area contributed by atoms with Crippen LogP contribution in [0.25, 0.3) is 0 Å². The van der Waals surface area contributed by atoms with Gasteiger partial charge in [0.1, 0.15) is 0 Å². The number of aromatic nitrogens is 1. The molecule has 4 nitrogen and oxygen atoms in total. The normalized spacial score (nSPS) is 16.7. The van der Waals surface area contributed by atoms with Gasteiger partial charge in [0.15, 0.2) is 0 Å². The number of nitrogen functional groups attached to an aromatic ring is 1. The third-order valence-corrected chi connectivity index (χ3v) is 3.26. The van der Waals surface area contributed by atoms with Gasteiger partial charge in [0.25, 0.3) is 0 Å².